The molecular weight excluding hydrogens is 430 g/mol. The van der Waals surface area contributed by atoms with Gasteiger partial charge in [-0.1, -0.05) is 30.3 Å². The highest BCUT2D eigenvalue weighted by Crippen LogP contribution is 2.25. The van der Waals surface area contributed by atoms with Crippen molar-refractivity contribution in [1.82, 2.24) is 19.9 Å². The number of pyridine rings is 1. The SMILES string of the molecule is O=C(Nc1ccccc1)Nc1ccc(CCNc2ncnc3oc(-c4ccncc4)nc23)cc1. The molecule has 9 heteroatoms. The van der Waals surface area contributed by atoms with Crippen LogP contribution in [0.25, 0.3) is 22.7 Å². The molecule has 168 valence electrons. The Morgan fingerprint density at radius 1 is 0.853 bits per heavy atom. The average molecular weight is 451 g/mol. The Morgan fingerprint density at radius 3 is 2.35 bits per heavy atom. The standard InChI is InChI=1S/C25H21N7O2/c33-25(30-19-4-2-1-3-5-19)31-20-8-6-17(7-9-20)10-15-27-22-21-24(29-16-28-22)34-23(32-21)18-11-13-26-14-12-18/h1-9,11-14,16H,10,15H2,(H,27,28,29)(H2,30,31,33). The lowest BCUT2D eigenvalue weighted by Crippen LogP contribution is -2.19. The summed E-state index contributed by atoms with van der Waals surface area (Å²) in [6.07, 6.45) is 5.58. The number of anilines is 3. The van der Waals surface area contributed by atoms with Gasteiger partial charge in [-0.25, -0.2) is 14.8 Å². The number of urea groups is 1. The number of aromatic nitrogens is 4. The number of oxazole rings is 1. The molecule has 0 spiro atoms. The number of amides is 2. The van der Waals surface area contributed by atoms with E-state index < -0.39 is 0 Å². The highest BCUT2D eigenvalue weighted by molar-refractivity contribution is 5.99. The van der Waals surface area contributed by atoms with E-state index in [9.17, 15) is 4.79 Å². The first-order valence-corrected chi connectivity index (χ1v) is 10.7. The predicted octanol–water partition coefficient (Wildman–Crippen LogP) is 4.98. The molecule has 3 heterocycles. The van der Waals surface area contributed by atoms with Crippen LogP contribution in [-0.4, -0.2) is 32.5 Å². The van der Waals surface area contributed by atoms with Crippen LogP contribution in [0, 0.1) is 0 Å². The second-order valence-corrected chi connectivity index (χ2v) is 7.45. The fourth-order valence-corrected chi connectivity index (χ4v) is 3.40. The second-order valence-electron chi connectivity index (χ2n) is 7.45. The summed E-state index contributed by atoms with van der Waals surface area (Å²) in [5.41, 5.74) is 4.40. The Morgan fingerprint density at radius 2 is 1.59 bits per heavy atom. The topological polar surface area (TPSA) is 118 Å². The van der Waals surface area contributed by atoms with Crippen molar-refractivity contribution in [3.05, 3.63) is 91.0 Å². The molecule has 3 aromatic heterocycles. The lowest BCUT2D eigenvalue weighted by molar-refractivity contribution is 0.262. The smallest absolute Gasteiger partial charge is 0.323 e. The summed E-state index contributed by atoms with van der Waals surface area (Å²) in [6, 6.07) is 20.4. The number of hydrogen-bond acceptors (Lipinski definition) is 7. The van der Waals surface area contributed by atoms with Gasteiger partial charge in [0.2, 0.25) is 5.89 Å². The van der Waals surface area contributed by atoms with Gasteiger partial charge in [-0.2, -0.15) is 4.98 Å². The van der Waals surface area contributed by atoms with Crippen molar-refractivity contribution in [2.24, 2.45) is 0 Å². The van der Waals surface area contributed by atoms with Gasteiger partial charge in [0, 0.05) is 35.9 Å². The first-order valence-electron chi connectivity index (χ1n) is 10.7. The molecule has 0 radical (unpaired) electrons. The van der Waals surface area contributed by atoms with Crippen LogP contribution in [-0.2, 0) is 6.42 Å². The van der Waals surface area contributed by atoms with E-state index in [0.29, 0.717) is 35.2 Å². The first kappa shape index (κ1) is 21.1. The van der Waals surface area contributed by atoms with Gasteiger partial charge in [-0.15, -0.1) is 0 Å². The van der Waals surface area contributed by atoms with Crippen molar-refractivity contribution in [2.45, 2.75) is 6.42 Å². The van der Waals surface area contributed by atoms with Crippen LogP contribution in [0.1, 0.15) is 5.56 Å². The number of para-hydroxylation sites is 1. The second kappa shape index (κ2) is 9.78. The van der Waals surface area contributed by atoms with E-state index in [1.54, 1.807) is 12.4 Å². The summed E-state index contributed by atoms with van der Waals surface area (Å²) in [5, 5.41) is 8.94. The number of nitrogens with zero attached hydrogens (tertiary/aromatic N) is 4. The van der Waals surface area contributed by atoms with Gasteiger partial charge in [0.25, 0.3) is 5.71 Å². The normalized spacial score (nSPS) is 10.7. The molecule has 9 nitrogen and oxygen atoms in total. The minimum atomic E-state index is -0.285. The monoisotopic (exact) mass is 451 g/mol. The number of hydrogen-bond donors (Lipinski definition) is 3. The van der Waals surface area contributed by atoms with Crippen molar-refractivity contribution in [1.29, 1.82) is 0 Å². The first-order chi connectivity index (χ1) is 16.7. The number of fused-ring (bicyclic) bond motifs is 1. The van der Waals surface area contributed by atoms with Crippen LogP contribution in [0.2, 0.25) is 0 Å². The van der Waals surface area contributed by atoms with E-state index in [1.807, 2.05) is 66.7 Å². The molecule has 0 saturated carbocycles. The molecule has 5 rings (SSSR count). The zero-order valence-electron chi connectivity index (χ0n) is 18.1. The fraction of sp³-hybridized carbons (Fsp3) is 0.0800. The van der Waals surface area contributed by atoms with Crippen molar-refractivity contribution in [3.63, 3.8) is 0 Å². The van der Waals surface area contributed by atoms with Gasteiger partial charge in [0.15, 0.2) is 11.3 Å². The van der Waals surface area contributed by atoms with Gasteiger partial charge >= 0.3 is 6.03 Å². The van der Waals surface area contributed by atoms with E-state index in [1.165, 1.54) is 6.33 Å². The molecular formula is C25H21N7O2. The number of carbonyl (C=O) groups is 1. The van der Waals surface area contributed by atoms with Gasteiger partial charge in [0.1, 0.15) is 6.33 Å². The molecule has 0 aliphatic carbocycles. The maximum absolute atomic E-state index is 12.1. The van der Waals surface area contributed by atoms with E-state index in [2.05, 4.69) is 35.9 Å². The third kappa shape index (κ3) is 4.99. The molecule has 34 heavy (non-hydrogen) atoms. The number of benzene rings is 2. The Balaban J connectivity index is 1.17. The van der Waals surface area contributed by atoms with E-state index in [4.69, 9.17) is 4.42 Å². The summed E-state index contributed by atoms with van der Waals surface area (Å²) in [5.74, 6) is 1.09. The molecule has 3 N–H and O–H groups in total. The van der Waals surface area contributed by atoms with Gasteiger partial charge in [-0.3, -0.25) is 4.98 Å². The Kier molecular flexibility index (Phi) is 6.06. The molecule has 5 aromatic rings. The predicted molar refractivity (Wildman–Crippen MR) is 131 cm³/mol. The van der Waals surface area contributed by atoms with Crippen LogP contribution in [0.15, 0.2) is 89.9 Å². The third-order valence-electron chi connectivity index (χ3n) is 5.07. The Labute approximate surface area is 195 Å². The molecule has 0 saturated heterocycles. The van der Waals surface area contributed by atoms with E-state index in [-0.39, 0.29) is 6.03 Å². The highest BCUT2D eigenvalue weighted by Gasteiger charge is 2.13. The molecule has 0 atom stereocenters. The van der Waals surface area contributed by atoms with E-state index >= 15 is 0 Å². The molecule has 2 amide bonds. The van der Waals surface area contributed by atoms with Crippen molar-refractivity contribution in [2.75, 3.05) is 22.5 Å². The summed E-state index contributed by atoms with van der Waals surface area (Å²) < 4.78 is 5.77. The van der Waals surface area contributed by atoms with Crippen LogP contribution < -0.4 is 16.0 Å². The largest absolute Gasteiger partial charge is 0.417 e. The van der Waals surface area contributed by atoms with Gasteiger partial charge in [0.05, 0.1) is 0 Å². The van der Waals surface area contributed by atoms with Crippen LogP contribution in [0.3, 0.4) is 0 Å². The van der Waals surface area contributed by atoms with E-state index in [0.717, 1.165) is 23.2 Å². The van der Waals surface area contributed by atoms with Crippen molar-refractivity contribution < 1.29 is 9.21 Å². The molecule has 0 fully saturated rings. The van der Waals surface area contributed by atoms with Crippen LogP contribution in [0.5, 0.6) is 0 Å². The van der Waals surface area contributed by atoms with Crippen molar-refractivity contribution >= 4 is 34.5 Å². The molecule has 0 unspecified atom stereocenters. The third-order valence-corrected chi connectivity index (χ3v) is 5.07. The molecule has 0 aliphatic heterocycles. The summed E-state index contributed by atoms with van der Waals surface area (Å²) in [6.45, 7) is 0.644. The summed E-state index contributed by atoms with van der Waals surface area (Å²) >= 11 is 0. The van der Waals surface area contributed by atoms with Gasteiger partial charge in [-0.05, 0) is 48.4 Å². The minimum absolute atomic E-state index is 0.285. The molecule has 2 aromatic carbocycles. The molecule has 0 aliphatic rings. The number of carbonyl (C=O) groups excluding carboxylic acids is 1. The van der Waals surface area contributed by atoms with Gasteiger partial charge < -0.3 is 20.4 Å². The lowest BCUT2D eigenvalue weighted by Gasteiger charge is -2.09. The fourth-order valence-electron chi connectivity index (χ4n) is 3.40. The Bertz CT molecular complexity index is 1390. The quantitative estimate of drug-likeness (QED) is 0.319. The average Bonchev–Trinajstić information content (AvgIpc) is 3.32. The molecule has 0 bridgehead atoms. The lowest BCUT2D eigenvalue weighted by atomic mass is 10.1. The van der Waals surface area contributed by atoms with Crippen LogP contribution >= 0.6 is 0 Å². The van der Waals surface area contributed by atoms with Crippen LogP contribution in [0.4, 0.5) is 22.0 Å². The Hall–Kier alpha value is -4.79. The number of nitrogens with one attached hydrogen (secondary N) is 3. The van der Waals surface area contributed by atoms with Crippen molar-refractivity contribution in [3.8, 4) is 11.5 Å². The minimum Gasteiger partial charge on any atom is -0.417 e. The zero-order valence-corrected chi connectivity index (χ0v) is 18.1. The number of rotatable bonds is 7. The highest BCUT2D eigenvalue weighted by atomic mass is 16.4. The summed E-state index contributed by atoms with van der Waals surface area (Å²) in [7, 11) is 0. The zero-order chi connectivity index (χ0) is 23.2. The maximum atomic E-state index is 12.1. The summed E-state index contributed by atoms with van der Waals surface area (Å²) in [4.78, 5) is 29.2. The maximum Gasteiger partial charge on any atom is 0.323 e.